The van der Waals surface area contributed by atoms with Gasteiger partial charge >= 0.3 is 5.97 Å². The number of carbonyl (C=O) groups excluding carboxylic acids is 2. The van der Waals surface area contributed by atoms with Crippen molar-refractivity contribution in [2.45, 2.75) is 13.0 Å². The lowest BCUT2D eigenvalue weighted by molar-refractivity contribution is -0.137. The van der Waals surface area contributed by atoms with E-state index in [4.69, 9.17) is 4.74 Å². The van der Waals surface area contributed by atoms with Crippen molar-refractivity contribution < 1.29 is 14.3 Å². The van der Waals surface area contributed by atoms with E-state index in [1.165, 1.54) is 4.90 Å². The fourth-order valence-electron chi connectivity index (χ4n) is 2.87. The molecule has 3 aromatic rings. The second kappa shape index (κ2) is 6.32. The van der Waals surface area contributed by atoms with Crippen LogP contribution in [0.2, 0.25) is 0 Å². The number of carbonyl (C=O) groups is 2. The molecule has 1 atom stereocenters. The van der Waals surface area contributed by atoms with Crippen molar-refractivity contribution in [3.05, 3.63) is 60.2 Å². The topological polar surface area (TPSA) is 46.6 Å². The summed E-state index contributed by atoms with van der Waals surface area (Å²) >= 11 is 0. The van der Waals surface area contributed by atoms with Crippen LogP contribution in [0.3, 0.4) is 0 Å². The van der Waals surface area contributed by atoms with E-state index in [-0.39, 0.29) is 5.91 Å². The predicted octanol–water partition coefficient (Wildman–Crippen LogP) is 3.63. The molecular formula is C20H19NO3. The Labute approximate surface area is 140 Å². The minimum atomic E-state index is -0.828. The number of benzene rings is 3. The zero-order valence-corrected chi connectivity index (χ0v) is 13.9. The molecule has 0 unspecified atom stereocenters. The van der Waals surface area contributed by atoms with Crippen LogP contribution in [0.15, 0.2) is 54.6 Å². The summed E-state index contributed by atoms with van der Waals surface area (Å²) in [6.07, 6.45) is -0.828. The molecule has 24 heavy (non-hydrogen) atoms. The first-order valence-electron chi connectivity index (χ1n) is 7.81. The number of ether oxygens (including phenoxy) is 1. The van der Waals surface area contributed by atoms with Crippen LogP contribution in [0, 0.1) is 0 Å². The van der Waals surface area contributed by atoms with Crippen molar-refractivity contribution in [2.24, 2.45) is 0 Å². The van der Waals surface area contributed by atoms with Gasteiger partial charge in [-0.3, -0.25) is 4.79 Å². The quantitative estimate of drug-likeness (QED) is 0.547. The summed E-state index contributed by atoms with van der Waals surface area (Å²) in [7, 11) is 3.28. The summed E-state index contributed by atoms with van der Waals surface area (Å²) in [5.41, 5.74) is 0.502. The molecule has 1 amide bonds. The second-order valence-corrected chi connectivity index (χ2v) is 5.97. The van der Waals surface area contributed by atoms with E-state index in [9.17, 15) is 9.59 Å². The molecule has 0 aliphatic heterocycles. The van der Waals surface area contributed by atoms with Gasteiger partial charge in [-0.25, -0.2) is 4.79 Å². The Balaban J connectivity index is 2.12. The molecule has 0 spiro atoms. The van der Waals surface area contributed by atoms with E-state index >= 15 is 0 Å². The maximum absolute atomic E-state index is 12.8. The van der Waals surface area contributed by atoms with Crippen molar-refractivity contribution in [1.82, 2.24) is 4.90 Å². The van der Waals surface area contributed by atoms with Gasteiger partial charge in [-0.2, -0.15) is 0 Å². The Hall–Kier alpha value is -2.88. The number of nitrogens with zero attached hydrogens (tertiary/aromatic N) is 1. The van der Waals surface area contributed by atoms with Crippen molar-refractivity contribution in [3.63, 3.8) is 0 Å². The molecular weight excluding hydrogens is 302 g/mol. The van der Waals surface area contributed by atoms with Crippen LogP contribution < -0.4 is 0 Å². The summed E-state index contributed by atoms with van der Waals surface area (Å²) in [6.45, 7) is 1.59. The Morgan fingerprint density at radius 3 is 1.92 bits per heavy atom. The maximum Gasteiger partial charge on any atom is 0.340 e. The van der Waals surface area contributed by atoms with Crippen molar-refractivity contribution in [2.75, 3.05) is 14.1 Å². The van der Waals surface area contributed by atoms with E-state index < -0.39 is 12.1 Å². The normalized spacial score (nSPS) is 12.1. The maximum atomic E-state index is 12.8. The minimum absolute atomic E-state index is 0.243. The third-order valence-electron chi connectivity index (χ3n) is 4.05. The average molecular weight is 321 g/mol. The molecule has 0 bridgehead atoms. The first-order chi connectivity index (χ1) is 11.5. The van der Waals surface area contributed by atoms with Crippen LogP contribution in [0.5, 0.6) is 0 Å². The number of amides is 1. The smallest absolute Gasteiger partial charge is 0.340 e. The molecule has 4 heteroatoms. The molecule has 0 saturated heterocycles. The molecule has 0 fully saturated rings. The highest BCUT2D eigenvalue weighted by molar-refractivity contribution is 6.16. The highest BCUT2D eigenvalue weighted by Crippen LogP contribution is 2.29. The first kappa shape index (κ1) is 16.0. The lowest BCUT2D eigenvalue weighted by Gasteiger charge is -2.18. The van der Waals surface area contributed by atoms with Gasteiger partial charge in [0.15, 0.2) is 6.10 Å². The van der Waals surface area contributed by atoms with E-state index in [2.05, 4.69) is 6.07 Å². The SMILES string of the molecule is C[C@H](OC(=O)c1c2ccccc2cc2ccccc12)C(=O)N(C)C. The minimum Gasteiger partial charge on any atom is -0.449 e. The summed E-state index contributed by atoms with van der Waals surface area (Å²) in [6, 6.07) is 17.4. The molecule has 122 valence electrons. The second-order valence-electron chi connectivity index (χ2n) is 5.97. The van der Waals surface area contributed by atoms with Crippen molar-refractivity contribution >= 4 is 33.4 Å². The lowest BCUT2D eigenvalue weighted by atomic mass is 9.97. The fourth-order valence-corrected chi connectivity index (χ4v) is 2.87. The van der Waals surface area contributed by atoms with Gasteiger partial charge < -0.3 is 9.64 Å². The van der Waals surface area contributed by atoms with Gasteiger partial charge in [-0.1, -0.05) is 48.5 Å². The molecule has 0 heterocycles. The molecule has 0 radical (unpaired) electrons. The number of esters is 1. The van der Waals surface area contributed by atoms with Crippen molar-refractivity contribution in [1.29, 1.82) is 0 Å². The zero-order valence-electron chi connectivity index (χ0n) is 13.9. The van der Waals surface area contributed by atoms with E-state index in [0.29, 0.717) is 5.56 Å². The molecule has 3 aromatic carbocycles. The number of likely N-dealkylation sites (N-methyl/N-ethyl adjacent to an activating group) is 1. The van der Waals surface area contributed by atoms with E-state index in [1.807, 2.05) is 48.5 Å². The summed E-state index contributed by atoms with van der Waals surface area (Å²) < 4.78 is 5.45. The molecule has 3 rings (SSSR count). The highest BCUT2D eigenvalue weighted by Gasteiger charge is 2.23. The highest BCUT2D eigenvalue weighted by atomic mass is 16.5. The molecule has 0 N–H and O–H groups in total. The monoisotopic (exact) mass is 321 g/mol. The van der Waals surface area contributed by atoms with Gasteiger partial charge in [0, 0.05) is 14.1 Å². The van der Waals surface area contributed by atoms with E-state index in [0.717, 1.165) is 21.5 Å². The van der Waals surface area contributed by atoms with Gasteiger partial charge in [0.05, 0.1) is 5.56 Å². The third-order valence-corrected chi connectivity index (χ3v) is 4.05. The van der Waals surface area contributed by atoms with Crippen LogP contribution in [-0.2, 0) is 9.53 Å². The van der Waals surface area contributed by atoms with Gasteiger partial charge in [0.2, 0.25) is 0 Å². The largest absolute Gasteiger partial charge is 0.449 e. The van der Waals surface area contributed by atoms with Crippen LogP contribution in [-0.4, -0.2) is 37.0 Å². The Morgan fingerprint density at radius 2 is 1.42 bits per heavy atom. The average Bonchev–Trinajstić information content (AvgIpc) is 2.58. The summed E-state index contributed by atoms with van der Waals surface area (Å²) in [4.78, 5) is 26.2. The van der Waals surface area contributed by atoms with Gasteiger partial charge in [-0.05, 0) is 34.5 Å². The summed E-state index contributed by atoms with van der Waals surface area (Å²) in [5.74, 6) is -0.724. The molecule has 0 aromatic heterocycles. The van der Waals surface area contributed by atoms with Crippen molar-refractivity contribution in [3.8, 4) is 0 Å². The Bertz CT molecular complexity index is 876. The lowest BCUT2D eigenvalue weighted by Crippen LogP contribution is -2.35. The standard InChI is InChI=1S/C20H19NO3/c1-13(19(22)21(2)3)24-20(23)18-16-10-6-4-8-14(16)12-15-9-5-7-11-17(15)18/h4-13H,1-3H3/t13-/m0/s1. The molecule has 4 nitrogen and oxygen atoms in total. The number of rotatable bonds is 3. The van der Waals surface area contributed by atoms with Gasteiger partial charge in [0.1, 0.15) is 0 Å². The Morgan fingerprint density at radius 1 is 0.917 bits per heavy atom. The molecule has 0 aliphatic rings. The van der Waals surface area contributed by atoms with Crippen LogP contribution in [0.1, 0.15) is 17.3 Å². The predicted molar refractivity (Wildman–Crippen MR) is 95.0 cm³/mol. The number of fused-ring (bicyclic) bond motifs is 2. The van der Waals surface area contributed by atoms with Crippen LogP contribution >= 0.6 is 0 Å². The zero-order chi connectivity index (χ0) is 17.3. The first-order valence-corrected chi connectivity index (χ1v) is 7.81. The van der Waals surface area contributed by atoms with Crippen LogP contribution in [0.4, 0.5) is 0 Å². The number of hydrogen-bond acceptors (Lipinski definition) is 3. The third kappa shape index (κ3) is 2.83. The van der Waals surface area contributed by atoms with E-state index in [1.54, 1.807) is 21.0 Å². The number of hydrogen-bond donors (Lipinski definition) is 0. The van der Waals surface area contributed by atoms with Crippen LogP contribution in [0.25, 0.3) is 21.5 Å². The van der Waals surface area contributed by atoms with Gasteiger partial charge in [-0.15, -0.1) is 0 Å². The molecule has 0 saturated carbocycles. The van der Waals surface area contributed by atoms with Gasteiger partial charge in [0.25, 0.3) is 5.91 Å². The summed E-state index contributed by atoms with van der Waals surface area (Å²) in [5, 5.41) is 3.58. The fraction of sp³-hybridized carbons (Fsp3) is 0.200. The molecule has 0 aliphatic carbocycles. The Kier molecular flexibility index (Phi) is 4.21.